The molecule has 0 fully saturated rings. The van der Waals surface area contributed by atoms with Gasteiger partial charge in [-0.05, 0) is 32.9 Å². The van der Waals surface area contributed by atoms with Gasteiger partial charge in [0.2, 0.25) is 5.91 Å². The molecular formula is C15H19N3O2. The van der Waals surface area contributed by atoms with Gasteiger partial charge in [-0.25, -0.2) is 4.79 Å². The Morgan fingerprint density at radius 3 is 2.40 bits per heavy atom. The van der Waals surface area contributed by atoms with Crippen molar-refractivity contribution in [1.82, 2.24) is 9.13 Å². The summed E-state index contributed by atoms with van der Waals surface area (Å²) in [5, 5.41) is 2.78. The van der Waals surface area contributed by atoms with Gasteiger partial charge in [0.1, 0.15) is 6.54 Å². The predicted molar refractivity (Wildman–Crippen MR) is 78.9 cm³/mol. The number of nitrogens with zero attached hydrogens (tertiary/aromatic N) is 2. The summed E-state index contributed by atoms with van der Waals surface area (Å²) in [6.07, 6.45) is 3.34. The summed E-state index contributed by atoms with van der Waals surface area (Å²) in [5.41, 5.74) is 1.70. The van der Waals surface area contributed by atoms with Crippen molar-refractivity contribution in [2.75, 3.05) is 5.32 Å². The van der Waals surface area contributed by atoms with Crippen LogP contribution in [0.15, 0.2) is 41.5 Å². The second kappa shape index (κ2) is 5.77. The summed E-state index contributed by atoms with van der Waals surface area (Å²) in [4.78, 5) is 23.9. The number of carbonyl (C=O) groups excluding carboxylic acids is 1. The van der Waals surface area contributed by atoms with E-state index in [1.54, 1.807) is 17.0 Å². The third-order valence-corrected chi connectivity index (χ3v) is 3.08. The topological polar surface area (TPSA) is 56.0 Å². The highest BCUT2D eigenvalue weighted by molar-refractivity contribution is 5.90. The van der Waals surface area contributed by atoms with Crippen molar-refractivity contribution in [2.24, 2.45) is 0 Å². The zero-order chi connectivity index (χ0) is 14.7. The van der Waals surface area contributed by atoms with Crippen LogP contribution in [0.4, 0.5) is 5.69 Å². The molecule has 1 aromatic heterocycles. The number of benzene rings is 1. The maximum absolute atomic E-state index is 12.0. The van der Waals surface area contributed by atoms with E-state index in [9.17, 15) is 9.59 Å². The molecule has 1 N–H and O–H groups in total. The summed E-state index contributed by atoms with van der Waals surface area (Å²) < 4.78 is 3.00. The lowest BCUT2D eigenvalue weighted by Crippen LogP contribution is -2.29. The number of rotatable bonds is 4. The van der Waals surface area contributed by atoms with Gasteiger partial charge < -0.3 is 5.32 Å². The molecule has 0 radical (unpaired) electrons. The lowest BCUT2D eigenvalue weighted by molar-refractivity contribution is -0.116. The minimum Gasteiger partial charge on any atom is -0.325 e. The summed E-state index contributed by atoms with van der Waals surface area (Å²) in [6, 6.07) is 7.63. The van der Waals surface area contributed by atoms with E-state index in [1.807, 2.05) is 45.0 Å². The summed E-state index contributed by atoms with van der Waals surface area (Å²) in [5.74, 6) is -0.211. The largest absolute Gasteiger partial charge is 0.328 e. The van der Waals surface area contributed by atoms with E-state index in [0.717, 1.165) is 11.3 Å². The van der Waals surface area contributed by atoms with Crippen LogP contribution in [0.3, 0.4) is 0 Å². The molecule has 0 unspecified atom stereocenters. The number of aromatic nitrogens is 2. The quantitative estimate of drug-likeness (QED) is 0.928. The number of amides is 1. The summed E-state index contributed by atoms with van der Waals surface area (Å²) >= 11 is 0. The van der Waals surface area contributed by atoms with Crippen molar-refractivity contribution in [3.8, 4) is 0 Å². The molecule has 0 aliphatic heterocycles. The minimum atomic E-state index is -0.211. The van der Waals surface area contributed by atoms with E-state index in [-0.39, 0.29) is 24.2 Å². The SMILES string of the molecule is Cc1ccc(NC(=O)Cn2ccn(C(C)C)c2=O)cc1. The number of nitrogens with one attached hydrogen (secondary N) is 1. The molecule has 0 saturated carbocycles. The molecule has 5 heteroatoms. The molecule has 106 valence electrons. The first-order chi connectivity index (χ1) is 9.47. The number of aryl methyl sites for hydroxylation is 1. The maximum Gasteiger partial charge on any atom is 0.328 e. The van der Waals surface area contributed by atoms with Crippen LogP contribution in [0.25, 0.3) is 0 Å². The highest BCUT2D eigenvalue weighted by atomic mass is 16.2. The second-order valence-electron chi connectivity index (χ2n) is 5.12. The van der Waals surface area contributed by atoms with Crippen LogP contribution in [0.1, 0.15) is 25.5 Å². The first-order valence-electron chi connectivity index (χ1n) is 6.61. The zero-order valence-electron chi connectivity index (χ0n) is 12.0. The number of hydrogen-bond donors (Lipinski definition) is 1. The van der Waals surface area contributed by atoms with Crippen molar-refractivity contribution in [3.63, 3.8) is 0 Å². The number of imidazole rings is 1. The summed E-state index contributed by atoms with van der Waals surface area (Å²) in [6.45, 7) is 5.86. The van der Waals surface area contributed by atoms with E-state index in [1.165, 1.54) is 4.57 Å². The average molecular weight is 273 g/mol. The molecule has 1 aromatic carbocycles. The van der Waals surface area contributed by atoms with Crippen LogP contribution in [0, 0.1) is 6.92 Å². The Labute approximate surface area is 117 Å². The number of anilines is 1. The molecule has 2 aromatic rings. The van der Waals surface area contributed by atoms with Gasteiger partial charge >= 0.3 is 5.69 Å². The first-order valence-corrected chi connectivity index (χ1v) is 6.61. The monoisotopic (exact) mass is 273 g/mol. The van der Waals surface area contributed by atoms with Crippen LogP contribution in [0.2, 0.25) is 0 Å². The smallest absolute Gasteiger partial charge is 0.325 e. The Balaban J connectivity index is 2.05. The highest BCUT2D eigenvalue weighted by Gasteiger charge is 2.09. The fraction of sp³-hybridized carbons (Fsp3) is 0.333. The Bertz CT molecular complexity index is 651. The Hall–Kier alpha value is -2.30. The van der Waals surface area contributed by atoms with E-state index in [0.29, 0.717) is 0 Å². The number of hydrogen-bond acceptors (Lipinski definition) is 2. The molecule has 0 spiro atoms. The lowest BCUT2D eigenvalue weighted by atomic mass is 10.2. The highest BCUT2D eigenvalue weighted by Crippen LogP contribution is 2.08. The maximum atomic E-state index is 12.0. The molecule has 0 saturated heterocycles. The lowest BCUT2D eigenvalue weighted by Gasteiger charge is -2.07. The van der Waals surface area contributed by atoms with Gasteiger partial charge in [-0.2, -0.15) is 0 Å². The van der Waals surface area contributed by atoms with Crippen LogP contribution in [0.5, 0.6) is 0 Å². The van der Waals surface area contributed by atoms with Gasteiger partial charge in [0, 0.05) is 24.1 Å². The number of carbonyl (C=O) groups is 1. The van der Waals surface area contributed by atoms with Crippen LogP contribution >= 0.6 is 0 Å². The van der Waals surface area contributed by atoms with Gasteiger partial charge in [0.05, 0.1) is 0 Å². The fourth-order valence-corrected chi connectivity index (χ4v) is 1.93. The molecule has 1 heterocycles. The minimum absolute atomic E-state index is 0.0203. The molecule has 0 aliphatic rings. The van der Waals surface area contributed by atoms with Crippen molar-refractivity contribution < 1.29 is 4.79 Å². The Kier molecular flexibility index (Phi) is 4.08. The van der Waals surface area contributed by atoms with Gasteiger partial charge in [0.25, 0.3) is 0 Å². The fourth-order valence-electron chi connectivity index (χ4n) is 1.93. The first kappa shape index (κ1) is 14.1. The zero-order valence-corrected chi connectivity index (χ0v) is 12.0. The van der Waals surface area contributed by atoms with Crippen LogP contribution < -0.4 is 11.0 Å². The van der Waals surface area contributed by atoms with E-state index in [4.69, 9.17) is 0 Å². The van der Waals surface area contributed by atoms with Crippen LogP contribution in [-0.2, 0) is 11.3 Å². The molecule has 1 amide bonds. The van der Waals surface area contributed by atoms with Gasteiger partial charge in [-0.1, -0.05) is 17.7 Å². The Morgan fingerprint density at radius 2 is 1.85 bits per heavy atom. The third-order valence-electron chi connectivity index (χ3n) is 3.08. The van der Waals surface area contributed by atoms with Crippen molar-refractivity contribution in [3.05, 3.63) is 52.7 Å². The van der Waals surface area contributed by atoms with Gasteiger partial charge in [0.15, 0.2) is 0 Å². The molecule has 2 rings (SSSR count). The average Bonchev–Trinajstić information content (AvgIpc) is 2.74. The van der Waals surface area contributed by atoms with Gasteiger partial charge in [-0.15, -0.1) is 0 Å². The Morgan fingerprint density at radius 1 is 1.20 bits per heavy atom. The van der Waals surface area contributed by atoms with Crippen LogP contribution in [-0.4, -0.2) is 15.0 Å². The third kappa shape index (κ3) is 3.17. The van der Waals surface area contributed by atoms with E-state index >= 15 is 0 Å². The molecule has 0 bridgehead atoms. The van der Waals surface area contributed by atoms with Crippen molar-refractivity contribution in [2.45, 2.75) is 33.4 Å². The molecule has 20 heavy (non-hydrogen) atoms. The van der Waals surface area contributed by atoms with Gasteiger partial charge in [-0.3, -0.25) is 13.9 Å². The predicted octanol–water partition coefficient (Wildman–Crippen LogP) is 2.18. The molecule has 0 atom stereocenters. The summed E-state index contributed by atoms with van der Waals surface area (Å²) in [7, 11) is 0. The van der Waals surface area contributed by atoms with E-state index < -0.39 is 0 Å². The van der Waals surface area contributed by atoms with Crippen molar-refractivity contribution >= 4 is 11.6 Å². The molecular weight excluding hydrogens is 254 g/mol. The van der Waals surface area contributed by atoms with E-state index in [2.05, 4.69) is 5.32 Å². The second-order valence-corrected chi connectivity index (χ2v) is 5.12. The standard InChI is InChI=1S/C15H19N3O2/c1-11(2)18-9-8-17(15(18)20)10-14(19)16-13-6-4-12(3)5-7-13/h4-9,11H,10H2,1-3H3,(H,16,19). The van der Waals surface area contributed by atoms with Crippen molar-refractivity contribution in [1.29, 1.82) is 0 Å². The molecule has 0 aliphatic carbocycles. The molecule has 5 nitrogen and oxygen atoms in total. The normalized spacial score (nSPS) is 10.8.